The molecule has 0 aliphatic carbocycles. The van der Waals surface area contributed by atoms with E-state index < -0.39 is 26.7 Å². The molecule has 0 saturated heterocycles. The van der Waals surface area contributed by atoms with Gasteiger partial charge >= 0.3 is 0 Å². The molecule has 0 radical (unpaired) electrons. The lowest BCUT2D eigenvalue weighted by Gasteiger charge is -2.21. The maximum Gasteiger partial charge on any atom is 0.289 e. The summed E-state index contributed by atoms with van der Waals surface area (Å²) in [6.07, 6.45) is 0. The van der Waals surface area contributed by atoms with Gasteiger partial charge in [0.2, 0.25) is 10.0 Å². The van der Waals surface area contributed by atoms with Gasteiger partial charge in [-0.1, -0.05) is 18.2 Å². The van der Waals surface area contributed by atoms with Crippen LogP contribution in [0.3, 0.4) is 0 Å². The van der Waals surface area contributed by atoms with E-state index in [2.05, 4.69) is 4.72 Å². The summed E-state index contributed by atoms with van der Waals surface area (Å²) in [5.41, 5.74) is 0.191. The number of hydrogen-bond acceptors (Lipinski definition) is 6. The predicted molar refractivity (Wildman–Crippen MR) is 89.3 cm³/mol. The van der Waals surface area contributed by atoms with Crippen LogP contribution in [0.5, 0.6) is 11.5 Å². The quantitative estimate of drug-likeness (QED) is 0.645. The summed E-state index contributed by atoms with van der Waals surface area (Å²) in [5, 5.41) is 11.1. The van der Waals surface area contributed by atoms with Crippen LogP contribution in [-0.2, 0) is 10.0 Å². The highest BCUT2D eigenvalue weighted by molar-refractivity contribution is 7.89. The number of nitrogens with zero attached hydrogens (tertiary/aromatic N) is 1. The molecule has 3 rings (SSSR count). The molecule has 0 fully saturated rings. The summed E-state index contributed by atoms with van der Waals surface area (Å²) < 4.78 is 38.5. The molecule has 0 amide bonds. The molecule has 1 aliphatic heterocycles. The van der Waals surface area contributed by atoms with E-state index in [4.69, 9.17) is 9.47 Å². The Bertz CT molecular complexity index is 913. The number of nitrogens with one attached hydrogen (secondary N) is 1. The van der Waals surface area contributed by atoms with Crippen molar-refractivity contribution in [2.24, 2.45) is 0 Å². The van der Waals surface area contributed by atoms with E-state index in [1.807, 2.05) is 0 Å². The fraction of sp³-hybridized carbons (Fsp3) is 0.250. The smallest absolute Gasteiger partial charge is 0.289 e. The first-order chi connectivity index (χ1) is 11.9. The lowest BCUT2D eigenvalue weighted by atomic mass is 10.1. The summed E-state index contributed by atoms with van der Waals surface area (Å²) in [5.74, 6) is 1.14. The Morgan fingerprint density at radius 2 is 1.80 bits per heavy atom. The van der Waals surface area contributed by atoms with E-state index >= 15 is 0 Å². The maximum absolute atomic E-state index is 12.6. The fourth-order valence-corrected chi connectivity index (χ4v) is 3.93. The van der Waals surface area contributed by atoms with E-state index in [9.17, 15) is 18.5 Å². The van der Waals surface area contributed by atoms with E-state index in [1.165, 1.54) is 18.2 Å². The highest BCUT2D eigenvalue weighted by atomic mass is 32.2. The van der Waals surface area contributed by atoms with Crippen LogP contribution in [0.25, 0.3) is 0 Å². The SMILES string of the molecule is CC(NS(=O)(=O)c1ccccc1[N+](=O)[O-])c1ccc2c(c1)OCCO2. The van der Waals surface area contributed by atoms with Crippen LogP contribution in [-0.4, -0.2) is 26.6 Å². The zero-order valence-electron chi connectivity index (χ0n) is 13.3. The number of hydrogen-bond donors (Lipinski definition) is 1. The number of sulfonamides is 1. The molecule has 1 unspecified atom stereocenters. The fourth-order valence-electron chi connectivity index (χ4n) is 2.53. The molecule has 1 heterocycles. The maximum atomic E-state index is 12.6. The topological polar surface area (TPSA) is 108 Å². The molecule has 0 aromatic heterocycles. The highest BCUT2D eigenvalue weighted by Gasteiger charge is 2.27. The molecule has 1 aliphatic rings. The Balaban J connectivity index is 1.87. The van der Waals surface area contributed by atoms with Crippen molar-refractivity contribution < 1.29 is 22.8 Å². The number of ether oxygens (including phenoxy) is 2. The van der Waals surface area contributed by atoms with Crippen molar-refractivity contribution in [3.05, 3.63) is 58.1 Å². The molecule has 2 aromatic rings. The van der Waals surface area contributed by atoms with Crippen LogP contribution < -0.4 is 14.2 Å². The van der Waals surface area contributed by atoms with Crippen molar-refractivity contribution >= 4 is 15.7 Å². The number of nitro groups is 1. The van der Waals surface area contributed by atoms with Gasteiger partial charge in [0.1, 0.15) is 13.2 Å². The van der Waals surface area contributed by atoms with E-state index in [0.29, 0.717) is 30.3 Å². The van der Waals surface area contributed by atoms with Crippen LogP contribution in [0.1, 0.15) is 18.5 Å². The molecule has 9 heteroatoms. The Kier molecular flexibility index (Phi) is 4.60. The van der Waals surface area contributed by atoms with Gasteiger partial charge in [-0.3, -0.25) is 10.1 Å². The van der Waals surface area contributed by atoms with Crippen LogP contribution >= 0.6 is 0 Å². The minimum atomic E-state index is -4.07. The zero-order chi connectivity index (χ0) is 18.0. The predicted octanol–water partition coefficient (Wildman–Crippen LogP) is 2.41. The van der Waals surface area contributed by atoms with Gasteiger partial charge in [0.25, 0.3) is 5.69 Å². The molecule has 1 atom stereocenters. The number of para-hydroxylation sites is 1. The van der Waals surface area contributed by atoms with E-state index in [1.54, 1.807) is 25.1 Å². The van der Waals surface area contributed by atoms with Gasteiger partial charge in [0.15, 0.2) is 16.4 Å². The lowest BCUT2D eigenvalue weighted by molar-refractivity contribution is -0.387. The minimum Gasteiger partial charge on any atom is -0.486 e. The summed E-state index contributed by atoms with van der Waals surface area (Å²) in [6, 6.07) is 9.74. The van der Waals surface area contributed by atoms with Gasteiger partial charge < -0.3 is 9.47 Å². The van der Waals surface area contributed by atoms with Gasteiger partial charge in [-0.25, -0.2) is 13.1 Å². The number of rotatable bonds is 5. The molecule has 0 saturated carbocycles. The molecule has 0 bridgehead atoms. The molecule has 1 N–H and O–H groups in total. The van der Waals surface area contributed by atoms with Crippen molar-refractivity contribution in [3.63, 3.8) is 0 Å². The second-order valence-electron chi connectivity index (χ2n) is 5.47. The molecule has 2 aromatic carbocycles. The Morgan fingerprint density at radius 3 is 2.52 bits per heavy atom. The summed E-state index contributed by atoms with van der Waals surface area (Å²) in [6.45, 7) is 2.54. The first kappa shape index (κ1) is 17.2. The zero-order valence-corrected chi connectivity index (χ0v) is 14.2. The van der Waals surface area contributed by atoms with Gasteiger partial charge in [-0.05, 0) is 30.7 Å². The van der Waals surface area contributed by atoms with Gasteiger partial charge in [0.05, 0.1) is 4.92 Å². The lowest BCUT2D eigenvalue weighted by Crippen LogP contribution is -2.27. The van der Waals surface area contributed by atoms with E-state index in [-0.39, 0.29) is 4.90 Å². The third kappa shape index (κ3) is 3.57. The van der Waals surface area contributed by atoms with Gasteiger partial charge in [0, 0.05) is 12.1 Å². The third-order valence-corrected chi connectivity index (χ3v) is 5.34. The van der Waals surface area contributed by atoms with Crippen LogP contribution in [0.2, 0.25) is 0 Å². The average molecular weight is 364 g/mol. The highest BCUT2D eigenvalue weighted by Crippen LogP contribution is 2.33. The van der Waals surface area contributed by atoms with E-state index in [0.717, 1.165) is 6.07 Å². The molecular formula is C16H16N2O6S. The minimum absolute atomic E-state index is 0.371. The van der Waals surface area contributed by atoms with Crippen molar-refractivity contribution in [2.75, 3.05) is 13.2 Å². The number of nitro benzene ring substituents is 1. The van der Waals surface area contributed by atoms with Gasteiger partial charge in [-0.15, -0.1) is 0 Å². The van der Waals surface area contributed by atoms with Gasteiger partial charge in [-0.2, -0.15) is 0 Å². The summed E-state index contributed by atoms with van der Waals surface area (Å²) >= 11 is 0. The summed E-state index contributed by atoms with van der Waals surface area (Å²) in [4.78, 5) is 9.98. The first-order valence-electron chi connectivity index (χ1n) is 7.54. The Hall–Kier alpha value is -2.65. The molecule has 8 nitrogen and oxygen atoms in total. The summed E-state index contributed by atoms with van der Waals surface area (Å²) in [7, 11) is -4.07. The van der Waals surface area contributed by atoms with Crippen molar-refractivity contribution in [1.82, 2.24) is 4.72 Å². The van der Waals surface area contributed by atoms with Crippen molar-refractivity contribution in [1.29, 1.82) is 0 Å². The van der Waals surface area contributed by atoms with Crippen LogP contribution in [0.4, 0.5) is 5.69 Å². The largest absolute Gasteiger partial charge is 0.486 e. The van der Waals surface area contributed by atoms with Crippen LogP contribution in [0, 0.1) is 10.1 Å². The van der Waals surface area contributed by atoms with Crippen LogP contribution in [0.15, 0.2) is 47.4 Å². The Labute approximate surface area is 144 Å². The first-order valence-corrected chi connectivity index (χ1v) is 9.02. The third-order valence-electron chi connectivity index (χ3n) is 3.75. The molecule has 132 valence electrons. The normalized spacial score (nSPS) is 14.8. The Morgan fingerprint density at radius 1 is 1.12 bits per heavy atom. The molecular weight excluding hydrogens is 348 g/mol. The number of fused-ring (bicyclic) bond motifs is 1. The van der Waals surface area contributed by atoms with Crippen molar-refractivity contribution in [2.45, 2.75) is 17.9 Å². The standard InChI is InChI=1S/C16H16N2O6S/c1-11(12-6-7-14-15(10-12)24-9-8-23-14)17-25(21,22)16-5-3-2-4-13(16)18(19)20/h2-7,10-11,17H,8-9H2,1H3. The monoisotopic (exact) mass is 364 g/mol. The van der Waals surface area contributed by atoms with Crippen molar-refractivity contribution in [3.8, 4) is 11.5 Å². The second-order valence-corrected chi connectivity index (χ2v) is 7.15. The molecule has 25 heavy (non-hydrogen) atoms. The molecule has 0 spiro atoms. The second kappa shape index (κ2) is 6.69. The average Bonchev–Trinajstić information content (AvgIpc) is 2.61. The number of benzene rings is 2.